The van der Waals surface area contributed by atoms with Gasteiger partial charge >= 0.3 is 0 Å². The van der Waals surface area contributed by atoms with E-state index in [1.54, 1.807) is 55.6 Å². The summed E-state index contributed by atoms with van der Waals surface area (Å²) in [6.45, 7) is 2.31. The van der Waals surface area contributed by atoms with E-state index in [0.29, 0.717) is 35.7 Å². The molecular weight excluding hydrogens is 346 g/mol. The first-order chi connectivity index (χ1) is 13.0. The maximum Gasteiger partial charge on any atom is 0.253 e. The van der Waals surface area contributed by atoms with Crippen molar-refractivity contribution in [3.05, 3.63) is 59.7 Å². The quantitative estimate of drug-likeness (QED) is 0.466. The predicted molar refractivity (Wildman–Crippen MR) is 104 cm³/mol. The van der Waals surface area contributed by atoms with Crippen molar-refractivity contribution in [1.29, 1.82) is 0 Å². The van der Waals surface area contributed by atoms with Gasteiger partial charge in [-0.3, -0.25) is 14.4 Å². The molecule has 0 saturated heterocycles. The van der Waals surface area contributed by atoms with Crippen LogP contribution in [0.2, 0.25) is 0 Å². The summed E-state index contributed by atoms with van der Waals surface area (Å²) < 4.78 is 4.91. The molecule has 0 aliphatic rings. The Morgan fingerprint density at radius 3 is 2.37 bits per heavy atom. The van der Waals surface area contributed by atoms with Crippen molar-refractivity contribution in [2.24, 2.45) is 0 Å². The summed E-state index contributed by atoms with van der Waals surface area (Å²) in [4.78, 5) is 35.6. The highest BCUT2D eigenvalue weighted by atomic mass is 16.5. The Bertz CT molecular complexity index is 803. The zero-order valence-corrected chi connectivity index (χ0v) is 15.4. The lowest BCUT2D eigenvalue weighted by Gasteiger charge is -2.12. The second-order valence-corrected chi connectivity index (χ2v) is 5.83. The van der Waals surface area contributed by atoms with Crippen molar-refractivity contribution in [2.45, 2.75) is 6.92 Å². The van der Waals surface area contributed by atoms with E-state index in [2.05, 4.69) is 16.0 Å². The van der Waals surface area contributed by atoms with E-state index in [1.165, 1.54) is 6.92 Å². The fourth-order valence-electron chi connectivity index (χ4n) is 2.37. The Morgan fingerprint density at radius 2 is 1.70 bits per heavy atom. The molecule has 3 N–H and O–H groups in total. The molecule has 27 heavy (non-hydrogen) atoms. The lowest BCUT2D eigenvalue weighted by atomic mass is 10.1. The molecule has 0 atom stereocenters. The van der Waals surface area contributed by atoms with Crippen LogP contribution in [-0.2, 0) is 9.53 Å². The number of ether oxygens (including phenoxy) is 1. The molecular formula is C20H23N3O4. The summed E-state index contributed by atoms with van der Waals surface area (Å²) in [5.74, 6) is -0.537. The van der Waals surface area contributed by atoms with E-state index in [1.807, 2.05) is 0 Å². The van der Waals surface area contributed by atoms with Crippen LogP contribution in [0.1, 0.15) is 27.6 Å². The van der Waals surface area contributed by atoms with E-state index >= 15 is 0 Å². The van der Waals surface area contributed by atoms with E-state index in [0.717, 1.165) is 0 Å². The van der Waals surface area contributed by atoms with Gasteiger partial charge in [0.15, 0.2) is 5.78 Å². The fourth-order valence-corrected chi connectivity index (χ4v) is 2.37. The van der Waals surface area contributed by atoms with Crippen molar-refractivity contribution in [1.82, 2.24) is 5.32 Å². The third kappa shape index (κ3) is 6.23. The van der Waals surface area contributed by atoms with Gasteiger partial charge in [0.25, 0.3) is 5.91 Å². The van der Waals surface area contributed by atoms with Crippen molar-refractivity contribution in [3.8, 4) is 0 Å². The molecule has 0 bridgehead atoms. The Morgan fingerprint density at radius 1 is 1.00 bits per heavy atom. The predicted octanol–water partition coefficient (Wildman–Crippen LogP) is 2.32. The molecule has 0 fully saturated rings. The molecule has 7 heteroatoms. The second kappa shape index (κ2) is 10.1. The van der Waals surface area contributed by atoms with E-state index < -0.39 is 0 Å². The van der Waals surface area contributed by atoms with E-state index in [9.17, 15) is 14.4 Å². The minimum absolute atomic E-state index is 0.00315. The average Bonchev–Trinajstić information content (AvgIpc) is 2.67. The van der Waals surface area contributed by atoms with Gasteiger partial charge in [-0.1, -0.05) is 12.1 Å². The molecule has 2 aromatic rings. The SMILES string of the molecule is COCCNC(=O)c1ccccc1NCC(=O)Nc1ccc(C(C)=O)cc1. The first-order valence-corrected chi connectivity index (χ1v) is 8.52. The van der Waals surface area contributed by atoms with E-state index in [-0.39, 0.29) is 24.1 Å². The standard InChI is InChI=1S/C20H23N3O4/c1-14(24)15-7-9-16(10-8-15)23-19(25)13-22-18-6-4-3-5-17(18)20(26)21-11-12-27-2/h3-10,22H,11-13H2,1-2H3,(H,21,26)(H,23,25). The first-order valence-electron chi connectivity index (χ1n) is 8.52. The number of ketones is 1. The van der Waals surface area contributed by atoms with Crippen LogP contribution in [0.15, 0.2) is 48.5 Å². The molecule has 2 amide bonds. The lowest BCUT2D eigenvalue weighted by Crippen LogP contribution is -2.28. The molecule has 0 aliphatic carbocycles. The monoisotopic (exact) mass is 369 g/mol. The minimum Gasteiger partial charge on any atom is -0.383 e. The summed E-state index contributed by atoms with van der Waals surface area (Å²) in [5, 5.41) is 8.47. The van der Waals surface area contributed by atoms with Crippen LogP contribution in [0, 0.1) is 0 Å². The van der Waals surface area contributed by atoms with Gasteiger partial charge in [-0.05, 0) is 43.3 Å². The molecule has 0 aliphatic heterocycles. The van der Waals surface area contributed by atoms with Crippen molar-refractivity contribution < 1.29 is 19.1 Å². The maximum atomic E-state index is 12.2. The Hall–Kier alpha value is -3.19. The second-order valence-electron chi connectivity index (χ2n) is 5.83. The number of hydrogen-bond donors (Lipinski definition) is 3. The lowest BCUT2D eigenvalue weighted by molar-refractivity contribution is -0.114. The summed E-state index contributed by atoms with van der Waals surface area (Å²) in [6.07, 6.45) is 0. The topological polar surface area (TPSA) is 96.5 Å². The Balaban J connectivity index is 1.93. The number of amides is 2. The highest BCUT2D eigenvalue weighted by Gasteiger charge is 2.11. The molecule has 142 valence electrons. The van der Waals surface area contributed by atoms with Gasteiger partial charge in [-0.2, -0.15) is 0 Å². The highest BCUT2D eigenvalue weighted by Crippen LogP contribution is 2.15. The van der Waals surface area contributed by atoms with Gasteiger partial charge in [0.2, 0.25) is 5.91 Å². The summed E-state index contributed by atoms with van der Waals surface area (Å²) in [6, 6.07) is 13.6. The van der Waals surface area contributed by atoms with Crippen molar-refractivity contribution >= 4 is 29.0 Å². The molecule has 0 heterocycles. The zero-order valence-electron chi connectivity index (χ0n) is 15.4. The van der Waals surface area contributed by atoms with Gasteiger partial charge in [0.05, 0.1) is 18.7 Å². The number of para-hydroxylation sites is 1. The number of carbonyl (C=O) groups is 3. The molecule has 0 unspecified atom stereocenters. The van der Waals surface area contributed by atoms with Crippen LogP contribution in [0.3, 0.4) is 0 Å². The van der Waals surface area contributed by atoms with Crippen molar-refractivity contribution in [3.63, 3.8) is 0 Å². The maximum absolute atomic E-state index is 12.2. The van der Waals surface area contributed by atoms with Crippen LogP contribution in [0.25, 0.3) is 0 Å². The average molecular weight is 369 g/mol. The van der Waals surface area contributed by atoms with Crippen LogP contribution in [0.4, 0.5) is 11.4 Å². The van der Waals surface area contributed by atoms with Crippen LogP contribution in [-0.4, -0.2) is 44.4 Å². The summed E-state index contributed by atoms with van der Waals surface area (Å²) in [7, 11) is 1.56. The number of nitrogens with one attached hydrogen (secondary N) is 3. The largest absolute Gasteiger partial charge is 0.383 e. The molecule has 0 aromatic heterocycles. The van der Waals surface area contributed by atoms with Crippen LogP contribution < -0.4 is 16.0 Å². The normalized spacial score (nSPS) is 10.1. The third-order valence-electron chi connectivity index (χ3n) is 3.78. The third-order valence-corrected chi connectivity index (χ3v) is 3.78. The Kier molecular flexibility index (Phi) is 7.51. The molecule has 2 rings (SSSR count). The number of hydrogen-bond acceptors (Lipinski definition) is 5. The van der Waals surface area contributed by atoms with Gasteiger partial charge in [0, 0.05) is 30.6 Å². The zero-order chi connectivity index (χ0) is 19.6. The van der Waals surface area contributed by atoms with Crippen LogP contribution in [0.5, 0.6) is 0 Å². The Labute approximate surface area is 158 Å². The highest BCUT2D eigenvalue weighted by molar-refractivity contribution is 6.01. The van der Waals surface area contributed by atoms with Crippen LogP contribution >= 0.6 is 0 Å². The number of rotatable bonds is 9. The fraction of sp³-hybridized carbons (Fsp3) is 0.250. The van der Waals surface area contributed by atoms with Gasteiger partial charge in [-0.15, -0.1) is 0 Å². The van der Waals surface area contributed by atoms with E-state index in [4.69, 9.17) is 4.74 Å². The molecule has 2 aromatic carbocycles. The number of methoxy groups -OCH3 is 1. The smallest absolute Gasteiger partial charge is 0.253 e. The molecule has 0 spiro atoms. The number of carbonyl (C=O) groups excluding carboxylic acids is 3. The number of Topliss-reactive ketones (excluding diaryl/α,β-unsaturated/α-hetero) is 1. The van der Waals surface area contributed by atoms with Gasteiger partial charge in [0.1, 0.15) is 0 Å². The molecule has 7 nitrogen and oxygen atoms in total. The molecule has 0 saturated carbocycles. The summed E-state index contributed by atoms with van der Waals surface area (Å²) >= 11 is 0. The molecule has 0 radical (unpaired) electrons. The summed E-state index contributed by atoms with van der Waals surface area (Å²) in [5.41, 5.74) is 2.19. The number of anilines is 2. The number of benzene rings is 2. The van der Waals surface area contributed by atoms with Crippen molar-refractivity contribution in [2.75, 3.05) is 37.4 Å². The van der Waals surface area contributed by atoms with Gasteiger partial charge in [-0.25, -0.2) is 0 Å². The minimum atomic E-state index is -0.264. The first kappa shape index (κ1) is 20.1. The van der Waals surface area contributed by atoms with Gasteiger partial charge < -0.3 is 20.7 Å².